The van der Waals surface area contributed by atoms with E-state index in [1.165, 1.54) is 11.1 Å². The van der Waals surface area contributed by atoms with Gasteiger partial charge < -0.3 is 10.2 Å². The third-order valence-corrected chi connectivity index (χ3v) is 3.50. The van der Waals surface area contributed by atoms with Gasteiger partial charge in [-0.3, -0.25) is 4.79 Å². The second-order valence-electron chi connectivity index (χ2n) is 5.02. The van der Waals surface area contributed by atoms with Crippen molar-refractivity contribution in [1.29, 1.82) is 0 Å². The van der Waals surface area contributed by atoms with E-state index in [1.54, 1.807) is 0 Å². The molecule has 92 valence electrons. The number of hydrogen-bond donors (Lipinski definition) is 1. The molecule has 1 saturated heterocycles. The van der Waals surface area contributed by atoms with Gasteiger partial charge in [0.1, 0.15) is 0 Å². The Morgan fingerprint density at radius 1 is 1.35 bits per heavy atom. The zero-order valence-corrected chi connectivity index (χ0v) is 10.8. The lowest BCUT2D eigenvalue weighted by atomic mass is 10.1. The molecule has 0 saturated carbocycles. The second kappa shape index (κ2) is 4.88. The number of nitrogens with zero attached hydrogens (tertiary/aromatic N) is 1. The third-order valence-electron chi connectivity index (χ3n) is 3.50. The van der Waals surface area contributed by atoms with Gasteiger partial charge in [-0.25, -0.2) is 0 Å². The highest BCUT2D eigenvalue weighted by Gasteiger charge is 2.21. The summed E-state index contributed by atoms with van der Waals surface area (Å²) in [6.45, 7) is 6.12. The van der Waals surface area contributed by atoms with Crippen LogP contribution in [0.5, 0.6) is 0 Å². The Hall–Kier alpha value is -1.35. The lowest BCUT2D eigenvalue weighted by Crippen LogP contribution is -2.36. The largest absolute Gasteiger partial charge is 0.348 e. The minimum atomic E-state index is 0.0494. The van der Waals surface area contributed by atoms with Crippen LogP contribution in [0.15, 0.2) is 18.2 Å². The van der Waals surface area contributed by atoms with Crippen molar-refractivity contribution in [3.63, 3.8) is 0 Å². The van der Waals surface area contributed by atoms with E-state index >= 15 is 0 Å². The van der Waals surface area contributed by atoms with Gasteiger partial charge >= 0.3 is 0 Å². The molecule has 3 heteroatoms. The number of amides is 1. The predicted octanol–water partition coefficient (Wildman–Crippen LogP) is 1.74. The Kier molecular flexibility index (Phi) is 3.48. The van der Waals surface area contributed by atoms with Crippen molar-refractivity contribution in [3.8, 4) is 0 Å². The molecule has 1 atom stereocenters. The van der Waals surface area contributed by atoms with Gasteiger partial charge in [-0.15, -0.1) is 0 Å². The van der Waals surface area contributed by atoms with Crippen molar-refractivity contribution in [2.24, 2.45) is 0 Å². The van der Waals surface area contributed by atoms with Crippen LogP contribution >= 0.6 is 0 Å². The normalized spacial score (nSPS) is 20.5. The van der Waals surface area contributed by atoms with Crippen LogP contribution in [0, 0.1) is 13.8 Å². The van der Waals surface area contributed by atoms with E-state index < -0.39 is 0 Å². The quantitative estimate of drug-likeness (QED) is 0.842. The molecule has 1 unspecified atom stereocenters. The van der Waals surface area contributed by atoms with Crippen molar-refractivity contribution in [2.45, 2.75) is 26.3 Å². The predicted molar refractivity (Wildman–Crippen MR) is 69.3 cm³/mol. The monoisotopic (exact) mass is 232 g/mol. The number of hydrogen-bond acceptors (Lipinski definition) is 2. The molecule has 0 aromatic heterocycles. The summed E-state index contributed by atoms with van der Waals surface area (Å²) in [6, 6.07) is 6.17. The van der Waals surface area contributed by atoms with Gasteiger partial charge in [-0.1, -0.05) is 6.07 Å². The van der Waals surface area contributed by atoms with Gasteiger partial charge in [0.15, 0.2) is 0 Å². The molecule has 0 radical (unpaired) electrons. The van der Waals surface area contributed by atoms with Gasteiger partial charge in [0.25, 0.3) is 5.91 Å². The van der Waals surface area contributed by atoms with Crippen LogP contribution in [0.4, 0.5) is 0 Å². The highest BCUT2D eigenvalue weighted by atomic mass is 16.1. The molecule has 0 spiro atoms. The van der Waals surface area contributed by atoms with Crippen LogP contribution in [-0.2, 0) is 0 Å². The minimum Gasteiger partial charge on any atom is -0.348 e. The number of rotatable bonds is 2. The Balaban J connectivity index is 2.02. The molecule has 1 amide bonds. The maximum absolute atomic E-state index is 12.0. The molecule has 1 aromatic carbocycles. The van der Waals surface area contributed by atoms with Crippen LogP contribution in [0.3, 0.4) is 0 Å². The maximum atomic E-state index is 12.0. The topological polar surface area (TPSA) is 32.3 Å². The fourth-order valence-electron chi connectivity index (χ4n) is 2.20. The standard InChI is InChI=1S/C14H20N2O/c1-10-4-5-12(8-11(10)2)14(17)15-13-6-7-16(3)9-13/h4-5,8,13H,6-7,9H2,1-3H3,(H,15,17). The zero-order valence-electron chi connectivity index (χ0n) is 10.8. The van der Waals surface area contributed by atoms with Gasteiger partial charge in [-0.05, 0) is 57.1 Å². The first-order valence-corrected chi connectivity index (χ1v) is 6.13. The molecule has 0 bridgehead atoms. The fraction of sp³-hybridized carbons (Fsp3) is 0.500. The molecule has 1 aromatic rings. The summed E-state index contributed by atoms with van der Waals surface area (Å²) in [4.78, 5) is 14.3. The number of benzene rings is 1. The van der Waals surface area contributed by atoms with E-state index in [-0.39, 0.29) is 5.91 Å². The number of likely N-dealkylation sites (N-methyl/N-ethyl adjacent to an activating group) is 1. The number of likely N-dealkylation sites (tertiary alicyclic amines) is 1. The summed E-state index contributed by atoms with van der Waals surface area (Å²) in [5, 5.41) is 3.09. The van der Waals surface area contributed by atoms with Crippen LogP contribution in [0.2, 0.25) is 0 Å². The highest BCUT2D eigenvalue weighted by molar-refractivity contribution is 5.94. The number of carbonyl (C=O) groups is 1. The Morgan fingerprint density at radius 2 is 2.12 bits per heavy atom. The molecule has 0 aliphatic carbocycles. The Bertz CT molecular complexity index is 428. The first-order chi connectivity index (χ1) is 8.06. The van der Waals surface area contributed by atoms with Crippen molar-refractivity contribution in [1.82, 2.24) is 10.2 Å². The van der Waals surface area contributed by atoms with Crippen molar-refractivity contribution in [2.75, 3.05) is 20.1 Å². The summed E-state index contributed by atoms with van der Waals surface area (Å²) < 4.78 is 0. The SMILES string of the molecule is Cc1ccc(C(=O)NC2CCN(C)C2)cc1C. The minimum absolute atomic E-state index is 0.0494. The second-order valence-corrected chi connectivity index (χ2v) is 5.02. The van der Waals surface area contributed by atoms with Gasteiger partial charge in [0.05, 0.1) is 0 Å². The fourth-order valence-corrected chi connectivity index (χ4v) is 2.20. The molecule has 2 rings (SSSR count). The maximum Gasteiger partial charge on any atom is 0.251 e. The highest BCUT2D eigenvalue weighted by Crippen LogP contribution is 2.11. The van der Waals surface area contributed by atoms with E-state index in [0.29, 0.717) is 6.04 Å². The van der Waals surface area contributed by atoms with Gasteiger partial charge in [-0.2, -0.15) is 0 Å². The summed E-state index contributed by atoms with van der Waals surface area (Å²) in [5.41, 5.74) is 3.16. The summed E-state index contributed by atoms with van der Waals surface area (Å²) in [5.74, 6) is 0.0494. The average Bonchev–Trinajstić information content (AvgIpc) is 2.68. The molecule has 1 fully saturated rings. The van der Waals surface area contributed by atoms with Crippen LogP contribution in [-0.4, -0.2) is 37.0 Å². The summed E-state index contributed by atoms with van der Waals surface area (Å²) in [6.07, 6.45) is 1.05. The van der Waals surface area contributed by atoms with Crippen molar-refractivity contribution < 1.29 is 4.79 Å². The number of aryl methyl sites for hydroxylation is 2. The van der Waals surface area contributed by atoms with Crippen molar-refractivity contribution >= 4 is 5.91 Å². The van der Waals surface area contributed by atoms with Crippen molar-refractivity contribution in [3.05, 3.63) is 34.9 Å². The lowest BCUT2D eigenvalue weighted by Gasteiger charge is -2.13. The molecule has 1 aliphatic heterocycles. The summed E-state index contributed by atoms with van der Waals surface area (Å²) >= 11 is 0. The van der Waals surface area contributed by atoms with Crippen LogP contribution in [0.25, 0.3) is 0 Å². The average molecular weight is 232 g/mol. The lowest BCUT2D eigenvalue weighted by molar-refractivity contribution is 0.0938. The van der Waals surface area contributed by atoms with Gasteiger partial charge in [0.2, 0.25) is 0 Å². The molecular formula is C14H20N2O. The van der Waals surface area contributed by atoms with Gasteiger partial charge in [0, 0.05) is 18.2 Å². The molecule has 1 N–H and O–H groups in total. The smallest absolute Gasteiger partial charge is 0.251 e. The first-order valence-electron chi connectivity index (χ1n) is 6.13. The third kappa shape index (κ3) is 2.86. The molecule has 17 heavy (non-hydrogen) atoms. The Morgan fingerprint density at radius 3 is 2.71 bits per heavy atom. The molecule has 1 heterocycles. The number of nitrogens with one attached hydrogen (secondary N) is 1. The Labute approximate surface area is 103 Å². The zero-order chi connectivity index (χ0) is 12.4. The van der Waals surface area contributed by atoms with E-state index in [9.17, 15) is 4.79 Å². The molecular weight excluding hydrogens is 212 g/mol. The van der Waals surface area contributed by atoms with E-state index in [4.69, 9.17) is 0 Å². The number of carbonyl (C=O) groups excluding carboxylic acids is 1. The van der Waals surface area contributed by atoms with E-state index in [1.807, 2.05) is 25.1 Å². The first kappa shape index (κ1) is 12.1. The summed E-state index contributed by atoms with van der Waals surface area (Å²) in [7, 11) is 2.09. The van der Waals surface area contributed by atoms with E-state index in [0.717, 1.165) is 25.1 Å². The van der Waals surface area contributed by atoms with Crippen LogP contribution in [0.1, 0.15) is 27.9 Å². The molecule has 3 nitrogen and oxygen atoms in total. The van der Waals surface area contributed by atoms with Crippen LogP contribution < -0.4 is 5.32 Å². The molecule has 1 aliphatic rings. The van der Waals surface area contributed by atoms with E-state index in [2.05, 4.69) is 24.2 Å².